The predicted octanol–water partition coefficient (Wildman–Crippen LogP) is 5.43. The molecule has 194 valence electrons. The molecule has 4 rings (SSSR count). The molecule has 5 nitrogen and oxygen atoms in total. The van der Waals surface area contributed by atoms with Crippen LogP contribution in [0.15, 0.2) is 47.1 Å². The van der Waals surface area contributed by atoms with Crippen LogP contribution in [0.3, 0.4) is 0 Å². The Morgan fingerprint density at radius 2 is 1.89 bits per heavy atom. The number of aldehydes is 1. The summed E-state index contributed by atoms with van der Waals surface area (Å²) >= 11 is 0. The SMILES string of the molecule is C=C(C)[C@@H]1CC[C@](C)(O)[C@H]1/C=C/C(C)=C/[C@H]1C[C@@]23[C@H](OCCC[C@@H]2/C(=C(/C)C=O)CC[C@]3(C)O)O1. The number of hydrogen-bond donors (Lipinski definition) is 2. The Balaban J connectivity index is 1.61. The van der Waals surface area contributed by atoms with Crippen LogP contribution in [0.1, 0.15) is 79.6 Å². The smallest absolute Gasteiger partial charge is 0.167 e. The molecule has 35 heavy (non-hydrogen) atoms. The van der Waals surface area contributed by atoms with Gasteiger partial charge in [-0.3, -0.25) is 4.79 Å². The van der Waals surface area contributed by atoms with E-state index in [4.69, 9.17) is 9.47 Å². The molecule has 5 heteroatoms. The first-order valence-electron chi connectivity index (χ1n) is 13.3. The lowest BCUT2D eigenvalue weighted by atomic mass is 9.53. The number of carbonyl (C=O) groups is 1. The maximum absolute atomic E-state index is 11.7. The van der Waals surface area contributed by atoms with Gasteiger partial charge >= 0.3 is 0 Å². The molecule has 2 saturated heterocycles. The predicted molar refractivity (Wildman–Crippen MR) is 138 cm³/mol. The van der Waals surface area contributed by atoms with Gasteiger partial charge in [0, 0.05) is 12.5 Å². The first-order chi connectivity index (χ1) is 16.4. The van der Waals surface area contributed by atoms with E-state index >= 15 is 0 Å². The lowest BCUT2D eigenvalue weighted by Gasteiger charge is -2.53. The van der Waals surface area contributed by atoms with Crippen molar-refractivity contribution in [2.45, 2.75) is 103 Å². The summed E-state index contributed by atoms with van der Waals surface area (Å²) in [7, 11) is 0. The lowest BCUT2D eigenvalue weighted by molar-refractivity contribution is -0.230. The van der Waals surface area contributed by atoms with Crippen LogP contribution in [0.2, 0.25) is 0 Å². The van der Waals surface area contributed by atoms with Gasteiger partial charge in [0.05, 0.1) is 22.7 Å². The molecule has 0 bridgehead atoms. The average Bonchev–Trinajstić information content (AvgIpc) is 3.23. The Hall–Kier alpha value is -1.53. The van der Waals surface area contributed by atoms with Crippen molar-refractivity contribution in [2.24, 2.45) is 23.2 Å². The topological polar surface area (TPSA) is 76.0 Å². The summed E-state index contributed by atoms with van der Waals surface area (Å²) < 4.78 is 12.7. The van der Waals surface area contributed by atoms with Crippen LogP contribution in [0.4, 0.5) is 0 Å². The van der Waals surface area contributed by atoms with Crippen LogP contribution < -0.4 is 0 Å². The van der Waals surface area contributed by atoms with Gasteiger partial charge in [-0.15, -0.1) is 0 Å². The van der Waals surface area contributed by atoms with Crippen molar-refractivity contribution in [2.75, 3.05) is 6.61 Å². The second-order valence-electron chi connectivity index (χ2n) is 12.1. The number of allylic oxidation sites excluding steroid dienone is 5. The van der Waals surface area contributed by atoms with E-state index in [2.05, 4.69) is 31.7 Å². The van der Waals surface area contributed by atoms with E-state index in [1.807, 2.05) is 27.7 Å². The Morgan fingerprint density at radius 1 is 1.14 bits per heavy atom. The third kappa shape index (κ3) is 4.66. The maximum atomic E-state index is 11.7. The third-order valence-corrected chi connectivity index (χ3v) is 9.54. The van der Waals surface area contributed by atoms with Crippen molar-refractivity contribution in [3.63, 3.8) is 0 Å². The Labute approximate surface area is 211 Å². The zero-order chi connectivity index (χ0) is 25.6. The number of rotatable bonds is 5. The van der Waals surface area contributed by atoms with Crippen molar-refractivity contribution >= 4 is 6.29 Å². The largest absolute Gasteiger partial charge is 0.390 e. The normalized spacial score (nSPS) is 45.7. The number of ether oxygens (including phenoxy) is 2. The quantitative estimate of drug-likeness (QED) is 0.236. The van der Waals surface area contributed by atoms with Gasteiger partial charge in [-0.1, -0.05) is 41.5 Å². The highest BCUT2D eigenvalue weighted by Gasteiger charge is 2.65. The van der Waals surface area contributed by atoms with Gasteiger partial charge in [0.2, 0.25) is 0 Å². The van der Waals surface area contributed by atoms with Crippen molar-refractivity contribution in [1.29, 1.82) is 0 Å². The van der Waals surface area contributed by atoms with Gasteiger partial charge < -0.3 is 19.7 Å². The maximum Gasteiger partial charge on any atom is 0.167 e. The summed E-state index contributed by atoms with van der Waals surface area (Å²) in [6.45, 7) is 14.6. The molecule has 0 unspecified atom stereocenters. The Morgan fingerprint density at radius 3 is 2.57 bits per heavy atom. The molecular weight excluding hydrogens is 440 g/mol. The van der Waals surface area contributed by atoms with Gasteiger partial charge in [-0.2, -0.15) is 0 Å². The van der Waals surface area contributed by atoms with Gasteiger partial charge in [0.15, 0.2) is 6.29 Å². The second kappa shape index (κ2) is 9.74. The zero-order valence-electron chi connectivity index (χ0n) is 22.2. The lowest BCUT2D eigenvalue weighted by Crippen LogP contribution is -2.58. The highest BCUT2D eigenvalue weighted by atomic mass is 16.7. The Kier molecular flexibility index (Phi) is 7.38. The fourth-order valence-corrected chi connectivity index (χ4v) is 7.48. The first-order valence-corrected chi connectivity index (χ1v) is 13.3. The molecule has 2 saturated carbocycles. The third-order valence-electron chi connectivity index (χ3n) is 9.54. The molecule has 0 radical (unpaired) electrons. The minimum atomic E-state index is -0.942. The van der Waals surface area contributed by atoms with E-state index in [0.717, 1.165) is 55.1 Å². The van der Waals surface area contributed by atoms with Crippen LogP contribution in [-0.4, -0.2) is 46.7 Å². The fourth-order valence-electron chi connectivity index (χ4n) is 7.48. The molecule has 2 N–H and O–H groups in total. The molecule has 8 atom stereocenters. The van der Waals surface area contributed by atoms with E-state index < -0.39 is 22.9 Å². The molecule has 1 spiro atoms. The van der Waals surface area contributed by atoms with E-state index in [9.17, 15) is 15.0 Å². The van der Waals surface area contributed by atoms with Crippen molar-refractivity contribution in [3.05, 3.63) is 47.1 Å². The molecule has 4 fully saturated rings. The van der Waals surface area contributed by atoms with Crippen LogP contribution in [0, 0.1) is 23.2 Å². The molecule has 0 aromatic rings. The summed E-state index contributed by atoms with van der Waals surface area (Å²) in [5, 5.41) is 22.6. The average molecular weight is 485 g/mol. The van der Waals surface area contributed by atoms with Crippen molar-refractivity contribution in [1.82, 2.24) is 0 Å². The summed E-state index contributed by atoms with van der Waals surface area (Å²) in [5.74, 6) is 0.409. The van der Waals surface area contributed by atoms with Crippen LogP contribution in [0.5, 0.6) is 0 Å². The minimum absolute atomic E-state index is 0.0448. The van der Waals surface area contributed by atoms with E-state index in [1.54, 1.807) is 0 Å². The highest BCUT2D eigenvalue weighted by molar-refractivity contribution is 5.74. The van der Waals surface area contributed by atoms with Gasteiger partial charge in [0.25, 0.3) is 0 Å². The molecule has 0 aromatic carbocycles. The second-order valence-corrected chi connectivity index (χ2v) is 12.1. The molecule has 2 aliphatic carbocycles. The summed E-state index contributed by atoms with van der Waals surface area (Å²) in [4.78, 5) is 11.7. The van der Waals surface area contributed by atoms with E-state index in [-0.39, 0.29) is 17.9 Å². The number of aliphatic hydroxyl groups is 2. The monoisotopic (exact) mass is 484 g/mol. The molecule has 0 aromatic heterocycles. The van der Waals surface area contributed by atoms with Crippen LogP contribution in [0.25, 0.3) is 0 Å². The minimum Gasteiger partial charge on any atom is -0.390 e. The standard InChI is InChI=1S/C30H44O5/c1-19(2)23-11-13-28(5,32)25(23)10-9-20(3)16-22-17-30-26(8-7-15-34-27(30)35-22)24(21(4)18-31)12-14-29(30,6)33/h9-10,16,18,22-23,25-27,32-33H,1,7-8,11-15,17H2,2-6H3/b10-9+,20-16+,24-21-/t22-,23-,25-,26+,27+,28-,29-,30-/m0/s1. The molecule has 4 aliphatic rings. The summed E-state index contributed by atoms with van der Waals surface area (Å²) in [5.41, 5.74) is 1.90. The van der Waals surface area contributed by atoms with Crippen molar-refractivity contribution in [3.8, 4) is 0 Å². The van der Waals surface area contributed by atoms with Crippen LogP contribution in [-0.2, 0) is 14.3 Å². The number of carbonyl (C=O) groups excluding carboxylic acids is 1. The van der Waals surface area contributed by atoms with E-state index in [0.29, 0.717) is 25.4 Å². The molecule has 0 amide bonds. The Bertz CT molecular complexity index is 938. The summed E-state index contributed by atoms with van der Waals surface area (Å²) in [6.07, 6.45) is 12.1. The van der Waals surface area contributed by atoms with Gasteiger partial charge in [-0.05, 0) is 97.0 Å². The van der Waals surface area contributed by atoms with E-state index in [1.165, 1.54) is 5.57 Å². The van der Waals surface area contributed by atoms with Gasteiger partial charge in [-0.25, -0.2) is 0 Å². The number of hydrogen-bond acceptors (Lipinski definition) is 5. The molecule has 2 aliphatic heterocycles. The zero-order valence-corrected chi connectivity index (χ0v) is 22.2. The first kappa shape index (κ1) is 26.5. The molecule has 2 heterocycles. The van der Waals surface area contributed by atoms with Crippen LogP contribution >= 0.6 is 0 Å². The van der Waals surface area contributed by atoms with Crippen molar-refractivity contribution < 1.29 is 24.5 Å². The van der Waals surface area contributed by atoms with Gasteiger partial charge in [0.1, 0.15) is 6.29 Å². The fraction of sp³-hybridized carbons (Fsp3) is 0.700. The highest BCUT2D eigenvalue weighted by Crippen LogP contribution is 2.62. The molecular formula is C30H44O5. The summed E-state index contributed by atoms with van der Waals surface area (Å²) in [6, 6.07) is 0.